The van der Waals surface area contributed by atoms with Crippen molar-refractivity contribution >= 4 is 44.9 Å². The fourth-order valence-electron chi connectivity index (χ4n) is 3.38. The van der Waals surface area contributed by atoms with Crippen LogP contribution in [0, 0.1) is 0 Å². The number of esters is 1. The Bertz CT molecular complexity index is 1380. The summed E-state index contributed by atoms with van der Waals surface area (Å²) >= 11 is 5.98. The van der Waals surface area contributed by atoms with Crippen LogP contribution >= 0.6 is 11.6 Å². The van der Waals surface area contributed by atoms with Crippen molar-refractivity contribution in [3.63, 3.8) is 0 Å². The first kappa shape index (κ1) is 27.6. The van der Waals surface area contributed by atoms with Crippen LogP contribution < -0.4 is 23.8 Å². The normalized spacial score (nSPS) is 10.8. The van der Waals surface area contributed by atoms with E-state index in [-0.39, 0.29) is 33.3 Å². The van der Waals surface area contributed by atoms with E-state index in [1.807, 2.05) is 0 Å². The largest absolute Gasteiger partial charge is 0.497 e. The number of ether oxygens (including phenoxy) is 4. The molecule has 0 aliphatic carbocycles. The van der Waals surface area contributed by atoms with Gasteiger partial charge in [-0.3, -0.25) is 9.10 Å². The number of hydrogen-bond donors (Lipinski definition) is 1. The van der Waals surface area contributed by atoms with E-state index < -0.39 is 28.4 Å². The zero-order chi connectivity index (χ0) is 27.2. The summed E-state index contributed by atoms with van der Waals surface area (Å²) in [5, 5.41) is 2.97. The number of halogens is 1. The second kappa shape index (κ2) is 11.8. The molecule has 0 heterocycles. The molecule has 0 unspecified atom stereocenters. The van der Waals surface area contributed by atoms with Crippen LogP contribution in [0.2, 0.25) is 5.02 Å². The van der Waals surface area contributed by atoms with Gasteiger partial charge in [-0.25, -0.2) is 13.2 Å². The van der Waals surface area contributed by atoms with Crippen LogP contribution in [0.25, 0.3) is 0 Å². The van der Waals surface area contributed by atoms with Crippen molar-refractivity contribution in [3.8, 4) is 17.2 Å². The van der Waals surface area contributed by atoms with Crippen LogP contribution in [0.1, 0.15) is 10.4 Å². The molecule has 3 aromatic rings. The Balaban J connectivity index is 2.00. The number of sulfonamides is 1. The van der Waals surface area contributed by atoms with Gasteiger partial charge in [0.2, 0.25) is 5.91 Å². The molecule has 12 heteroatoms. The van der Waals surface area contributed by atoms with Crippen LogP contribution in [0.15, 0.2) is 65.6 Å². The molecule has 0 saturated heterocycles. The maximum absolute atomic E-state index is 13.6. The van der Waals surface area contributed by atoms with E-state index in [9.17, 15) is 18.0 Å². The first-order valence-electron chi connectivity index (χ1n) is 10.7. The highest BCUT2D eigenvalue weighted by atomic mass is 35.5. The molecule has 0 aliphatic rings. The molecular weight excluding hydrogens is 524 g/mol. The van der Waals surface area contributed by atoms with Crippen molar-refractivity contribution in [1.82, 2.24) is 0 Å². The number of hydrogen-bond acceptors (Lipinski definition) is 8. The SMILES string of the molecule is COC(=O)c1cc(OC)c(OC)cc1NC(=O)CN(c1ccc(Cl)cc1)S(=O)(=O)c1ccc(OC)cc1. The van der Waals surface area contributed by atoms with Gasteiger partial charge in [0.05, 0.1) is 50.3 Å². The summed E-state index contributed by atoms with van der Waals surface area (Å²) in [5.74, 6) is -0.517. The minimum absolute atomic E-state index is 0.00967. The van der Waals surface area contributed by atoms with Crippen LogP contribution in [0.4, 0.5) is 11.4 Å². The third-order valence-corrected chi connectivity index (χ3v) is 7.29. The summed E-state index contributed by atoms with van der Waals surface area (Å²) in [6.45, 7) is -0.620. The van der Waals surface area contributed by atoms with Crippen LogP contribution in [-0.2, 0) is 19.6 Å². The Kier molecular flexibility index (Phi) is 8.85. The molecule has 1 N–H and O–H groups in total. The fraction of sp³-hybridized carbons (Fsp3) is 0.200. The molecule has 1 amide bonds. The summed E-state index contributed by atoms with van der Waals surface area (Å²) in [6, 6.07) is 14.5. The number of benzene rings is 3. The fourth-order valence-corrected chi connectivity index (χ4v) is 4.93. The molecule has 0 aromatic heterocycles. The number of carbonyl (C=O) groups is 2. The molecule has 10 nitrogen and oxygen atoms in total. The lowest BCUT2D eigenvalue weighted by Gasteiger charge is -2.24. The molecular formula is C25H25ClN2O8S. The van der Waals surface area contributed by atoms with Crippen molar-refractivity contribution in [2.24, 2.45) is 0 Å². The van der Waals surface area contributed by atoms with Crippen molar-refractivity contribution in [3.05, 3.63) is 71.2 Å². The van der Waals surface area contributed by atoms with E-state index in [0.717, 1.165) is 4.31 Å². The van der Waals surface area contributed by atoms with Gasteiger partial charge in [-0.05, 0) is 48.5 Å². The van der Waals surface area contributed by atoms with Crippen molar-refractivity contribution in [2.45, 2.75) is 4.90 Å². The topological polar surface area (TPSA) is 120 Å². The maximum Gasteiger partial charge on any atom is 0.340 e. The first-order valence-corrected chi connectivity index (χ1v) is 12.5. The number of methoxy groups -OCH3 is 4. The zero-order valence-electron chi connectivity index (χ0n) is 20.5. The Hall–Kier alpha value is -3.96. The molecule has 0 saturated carbocycles. The molecule has 0 radical (unpaired) electrons. The van der Waals surface area contributed by atoms with Crippen molar-refractivity contribution < 1.29 is 37.0 Å². The highest BCUT2D eigenvalue weighted by molar-refractivity contribution is 7.92. The number of nitrogens with zero attached hydrogens (tertiary/aromatic N) is 1. The monoisotopic (exact) mass is 548 g/mol. The Morgan fingerprint density at radius 3 is 2.00 bits per heavy atom. The summed E-state index contributed by atoms with van der Waals surface area (Å²) in [6.07, 6.45) is 0. The number of anilines is 2. The summed E-state index contributed by atoms with van der Waals surface area (Å²) < 4.78 is 48.5. The molecule has 0 fully saturated rings. The molecule has 3 rings (SSSR count). The van der Waals surface area contributed by atoms with E-state index in [0.29, 0.717) is 10.8 Å². The Morgan fingerprint density at radius 1 is 0.865 bits per heavy atom. The molecule has 0 atom stereocenters. The van der Waals surface area contributed by atoms with Gasteiger partial charge in [-0.15, -0.1) is 0 Å². The lowest BCUT2D eigenvalue weighted by Crippen LogP contribution is -2.38. The van der Waals surface area contributed by atoms with Gasteiger partial charge in [0.15, 0.2) is 11.5 Å². The van der Waals surface area contributed by atoms with Crippen LogP contribution in [0.3, 0.4) is 0 Å². The van der Waals surface area contributed by atoms with Gasteiger partial charge in [-0.2, -0.15) is 0 Å². The highest BCUT2D eigenvalue weighted by Crippen LogP contribution is 2.34. The average Bonchev–Trinajstić information content (AvgIpc) is 2.91. The number of rotatable bonds is 10. The third-order valence-electron chi connectivity index (χ3n) is 5.25. The third kappa shape index (κ3) is 6.25. The first-order chi connectivity index (χ1) is 17.6. The van der Waals surface area contributed by atoms with Gasteiger partial charge < -0.3 is 24.3 Å². The molecule has 196 valence electrons. The molecule has 0 aliphatic heterocycles. The van der Waals surface area contributed by atoms with E-state index >= 15 is 0 Å². The minimum Gasteiger partial charge on any atom is -0.497 e. The minimum atomic E-state index is -4.20. The lowest BCUT2D eigenvalue weighted by molar-refractivity contribution is -0.114. The van der Waals surface area contributed by atoms with Crippen LogP contribution in [-0.4, -0.2) is 55.3 Å². The van der Waals surface area contributed by atoms with Crippen molar-refractivity contribution in [2.75, 3.05) is 44.6 Å². The molecule has 0 spiro atoms. The predicted octanol–water partition coefficient (Wildman–Crippen LogP) is 3.99. The molecule has 0 bridgehead atoms. The summed E-state index contributed by atoms with van der Waals surface area (Å²) in [5.41, 5.74) is 0.243. The van der Waals surface area contributed by atoms with E-state index in [4.69, 9.17) is 30.5 Å². The lowest BCUT2D eigenvalue weighted by atomic mass is 10.1. The quantitative estimate of drug-likeness (QED) is 0.378. The standard InChI is InChI=1S/C25H25ClN2O8S/c1-33-18-9-11-19(12-10-18)37(31,32)28(17-7-5-16(26)6-8-17)15-24(29)27-21-14-23(35-3)22(34-2)13-20(21)25(30)36-4/h5-14H,15H2,1-4H3,(H,27,29). The zero-order valence-corrected chi connectivity index (χ0v) is 22.1. The second-order valence-corrected chi connectivity index (χ2v) is 9.75. The highest BCUT2D eigenvalue weighted by Gasteiger charge is 2.28. The van der Waals surface area contributed by atoms with E-state index in [1.165, 1.54) is 89.1 Å². The second-order valence-electron chi connectivity index (χ2n) is 7.46. The van der Waals surface area contributed by atoms with Gasteiger partial charge >= 0.3 is 5.97 Å². The average molecular weight is 549 g/mol. The summed E-state index contributed by atoms with van der Waals surface area (Å²) in [4.78, 5) is 25.5. The van der Waals surface area contributed by atoms with Gasteiger partial charge in [0.25, 0.3) is 10.0 Å². The molecule has 37 heavy (non-hydrogen) atoms. The van der Waals surface area contributed by atoms with Gasteiger partial charge in [0, 0.05) is 17.2 Å². The Morgan fingerprint density at radius 2 is 1.46 bits per heavy atom. The number of carbonyl (C=O) groups excluding carboxylic acids is 2. The predicted molar refractivity (Wildman–Crippen MR) is 138 cm³/mol. The van der Waals surface area contributed by atoms with Crippen LogP contribution in [0.5, 0.6) is 17.2 Å². The number of amides is 1. The summed E-state index contributed by atoms with van der Waals surface area (Å²) in [7, 11) is 1.24. The smallest absolute Gasteiger partial charge is 0.340 e. The van der Waals surface area contributed by atoms with Gasteiger partial charge in [0.1, 0.15) is 12.3 Å². The van der Waals surface area contributed by atoms with Gasteiger partial charge in [-0.1, -0.05) is 11.6 Å². The maximum atomic E-state index is 13.6. The van der Waals surface area contributed by atoms with Crippen molar-refractivity contribution in [1.29, 1.82) is 0 Å². The van der Waals surface area contributed by atoms with E-state index in [2.05, 4.69) is 5.32 Å². The molecule has 3 aromatic carbocycles. The van der Waals surface area contributed by atoms with E-state index in [1.54, 1.807) is 0 Å². The number of nitrogens with one attached hydrogen (secondary N) is 1. The Labute approximate surface area is 219 Å².